The number of likely N-dealkylation sites (N-methyl/N-ethyl adjacent to an activating group) is 1. The van der Waals surface area contributed by atoms with E-state index in [1.54, 1.807) is 7.11 Å². The predicted molar refractivity (Wildman–Crippen MR) is 49.9 cm³/mol. The normalized spacial score (nSPS) is 19.8. The molecule has 4 heteroatoms. The van der Waals surface area contributed by atoms with E-state index in [0.717, 1.165) is 19.8 Å². The van der Waals surface area contributed by atoms with Gasteiger partial charge in [-0.1, -0.05) is 6.92 Å². The Bertz CT molecular complexity index is 122. The first-order valence-electron chi connectivity index (χ1n) is 4.78. The lowest BCUT2D eigenvalue weighted by molar-refractivity contribution is -0.134. The summed E-state index contributed by atoms with van der Waals surface area (Å²) >= 11 is 0. The van der Waals surface area contributed by atoms with Gasteiger partial charge in [0.25, 0.3) is 0 Å². The van der Waals surface area contributed by atoms with E-state index < -0.39 is 0 Å². The van der Waals surface area contributed by atoms with Crippen LogP contribution in [-0.4, -0.2) is 52.2 Å². The smallest absolute Gasteiger partial charge is 0.104 e. The highest BCUT2D eigenvalue weighted by atomic mass is 16.6. The van der Waals surface area contributed by atoms with E-state index in [-0.39, 0.29) is 0 Å². The summed E-state index contributed by atoms with van der Waals surface area (Å²) in [4.78, 5) is 0. The summed E-state index contributed by atoms with van der Waals surface area (Å²) in [6.45, 7) is 5.91. The molecular weight excluding hydrogens is 170 g/mol. The Morgan fingerprint density at radius 2 is 2.23 bits per heavy atom. The molecule has 1 unspecified atom stereocenters. The molecule has 78 valence electrons. The Labute approximate surface area is 79.5 Å². The van der Waals surface area contributed by atoms with Crippen molar-refractivity contribution in [1.29, 1.82) is 0 Å². The molecule has 0 saturated carbocycles. The minimum absolute atomic E-state index is 0.301. The van der Waals surface area contributed by atoms with Crippen LogP contribution in [-0.2, 0) is 14.2 Å². The van der Waals surface area contributed by atoms with Crippen molar-refractivity contribution >= 4 is 0 Å². The maximum atomic E-state index is 5.58. The van der Waals surface area contributed by atoms with Crippen LogP contribution < -0.4 is 5.32 Å². The third-order valence-electron chi connectivity index (χ3n) is 2.00. The van der Waals surface area contributed by atoms with Gasteiger partial charge < -0.3 is 19.5 Å². The van der Waals surface area contributed by atoms with Gasteiger partial charge in [0.15, 0.2) is 0 Å². The lowest BCUT2D eigenvalue weighted by Gasteiger charge is -2.28. The average Bonchev–Trinajstić information content (AvgIpc) is 2.02. The van der Waals surface area contributed by atoms with Crippen LogP contribution in [0.25, 0.3) is 0 Å². The zero-order valence-corrected chi connectivity index (χ0v) is 8.41. The fourth-order valence-electron chi connectivity index (χ4n) is 1.22. The highest BCUT2D eigenvalue weighted by Crippen LogP contribution is 2.05. The highest BCUT2D eigenvalue weighted by Gasteiger charge is 2.20. The van der Waals surface area contributed by atoms with Gasteiger partial charge in [-0.2, -0.15) is 0 Å². The van der Waals surface area contributed by atoms with Gasteiger partial charge in [0.2, 0.25) is 0 Å². The number of ether oxygens (including phenoxy) is 3. The molecule has 0 amide bonds. The van der Waals surface area contributed by atoms with Crippen molar-refractivity contribution in [3.05, 3.63) is 0 Å². The molecule has 1 heterocycles. The zero-order chi connectivity index (χ0) is 9.52. The molecule has 0 aromatic carbocycles. The van der Waals surface area contributed by atoms with Crippen LogP contribution in [0.3, 0.4) is 0 Å². The third-order valence-corrected chi connectivity index (χ3v) is 2.00. The predicted octanol–water partition coefficient (Wildman–Crippen LogP) is 0.0263. The summed E-state index contributed by atoms with van der Waals surface area (Å²) in [6, 6.07) is 0.301. The SMILES string of the molecule is CCNC(COC)COC1COC1. The first-order chi connectivity index (χ1) is 6.36. The average molecular weight is 189 g/mol. The van der Waals surface area contributed by atoms with Crippen molar-refractivity contribution in [2.75, 3.05) is 40.1 Å². The molecule has 13 heavy (non-hydrogen) atoms. The molecule has 1 aliphatic rings. The first-order valence-corrected chi connectivity index (χ1v) is 4.78. The number of hydrogen-bond donors (Lipinski definition) is 1. The van der Waals surface area contributed by atoms with Crippen LogP contribution in [0.2, 0.25) is 0 Å². The van der Waals surface area contributed by atoms with Crippen LogP contribution in [0, 0.1) is 0 Å². The van der Waals surface area contributed by atoms with E-state index in [2.05, 4.69) is 12.2 Å². The molecule has 1 atom stereocenters. The van der Waals surface area contributed by atoms with E-state index in [1.807, 2.05) is 0 Å². The number of rotatable bonds is 7. The minimum Gasteiger partial charge on any atom is -0.383 e. The Morgan fingerprint density at radius 1 is 1.46 bits per heavy atom. The molecule has 1 fully saturated rings. The number of nitrogens with one attached hydrogen (secondary N) is 1. The maximum Gasteiger partial charge on any atom is 0.104 e. The molecule has 1 saturated heterocycles. The molecule has 0 spiro atoms. The number of hydrogen-bond acceptors (Lipinski definition) is 4. The fourth-order valence-corrected chi connectivity index (χ4v) is 1.22. The van der Waals surface area contributed by atoms with Gasteiger partial charge in [0.1, 0.15) is 6.10 Å². The molecular formula is C9H19NO3. The summed E-state index contributed by atoms with van der Waals surface area (Å²) in [7, 11) is 1.71. The van der Waals surface area contributed by atoms with Gasteiger partial charge >= 0.3 is 0 Å². The lowest BCUT2D eigenvalue weighted by Crippen LogP contribution is -2.43. The Morgan fingerprint density at radius 3 is 2.69 bits per heavy atom. The summed E-state index contributed by atoms with van der Waals surface area (Å²) in [5, 5.41) is 3.30. The monoisotopic (exact) mass is 189 g/mol. The quantitative estimate of drug-likeness (QED) is 0.613. The topological polar surface area (TPSA) is 39.7 Å². The van der Waals surface area contributed by atoms with Crippen LogP contribution >= 0.6 is 0 Å². The molecule has 1 rings (SSSR count). The van der Waals surface area contributed by atoms with Gasteiger partial charge in [0.05, 0.1) is 32.5 Å². The second-order valence-electron chi connectivity index (χ2n) is 3.20. The standard InChI is InChI=1S/C9H19NO3/c1-3-10-8(4-11-2)5-13-9-6-12-7-9/h8-10H,3-7H2,1-2H3. The van der Waals surface area contributed by atoms with Crippen LogP contribution in [0.4, 0.5) is 0 Å². The van der Waals surface area contributed by atoms with E-state index in [1.165, 1.54) is 0 Å². The van der Waals surface area contributed by atoms with Crippen molar-refractivity contribution in [3.8, 4) is 0 Å². The van der Waals surface area contributed by atoms with E-state index in [0.29, 0.717) is 25.4 Å². The maximum absolute atomic E-state index is 5.58. The van der Waals surface area contributed by atoms with Gasteiger partial charge in [-0.05, 0) is 6.54 Å². The summed E-state index contributed by atoms with van der Waals surface area (Å²) in [5.41, 5.74) is 0. The molecule has 0 aliphatic carbocycles. The highest BCUT2D eigenvalue weighted by molar-refractivity contribution is 4.69. The van der Waals surface area contributed by atoms with E-state index in [4.69, 9.17) is 14.2 Å². The zero-order valence-electron chi connectivity index (χ0n) is 8.41. The largest absolute Gasteiger partial charge is 0.383 e. The van der Waals surface area contributed by atoms with Crippen molar-refractivity contribution in [1.82, 2.24) is 5.32 Å². The summed E-state index contributed by atoms with van der Waals surface area (Å²) in [5.74, 6) is 0. The Kier molecular flexibility index (Phi) is 5.31. The summed E-state index contributed by atoms with van der Waals surface area (Å²) < 4.78 is 15.7. The van der Waals surface area contributed by atoms with Crippen molar-refractivity contribution in [2.24, 2.45) is 0 Å². The van der Waals surface area contributed by atoms with E-state index >= 15 is 0 Å². The van der Waals surface area contributed by atoms with Crippen LogP contribution in [0.5, 0.6) is 0 Å². The first kappa shape index (κ1) is 10.9. The van der Waals surface area contributed by atoms with Gasteiger partial charge in [-0.25, -0.2) is 0 Å². The molecule has 0 aromatic rings. The molecule has 1 N–H and O–H groups in total. The molecule has 4 nitrogen and oxygen atoms in total. The van der Waals surface area contributed by atoms with Crippen LogP contribution in [0.15, 0.2) is 0 Å². The molecule has 0 bridgehead atoms. The lowest BCUT2D eigenvalue weighted by atomic mass is 10.3. The Hall–Kier alpha value is -0.160. The molecule has 0 radical (unpaired) electrons. The van der Waals surface area contributed by atoms with Gasteiger partial charge in [-0.15, -0.1) is 0 Å². The second kappa shape index (κ2) is 6.32. The van der Waals surface area contributed by atoms with Gasteiger partial charge in [-0.3, -0.25) is 0 Å². The third kappa shape index (κ3) is 4.04. The van der Waals surface area contributed by atoms with Crippen LogP contribution in [0.1, 0.15) is 6.92 Å². The Balaban J connectivity index is 2.05. The van der Waals surface area contributed by atoms with E-state index in [9.17, 15) is 0 Å². The summed E-state index contributed by atoms with van der Waals surface area (Å²) in [6.07, 6.45) is 0.304. The van der Waals surface area contributed by atoms with Crippen molar-refractivity contribution < 1.29 is 14.2 Å². The molecule has 1 aliphatic heterocycles. The van der Waals surface area contributed by atoms with Gasteiger partial charge in [0, 0.05) is 7.11 Å². The minimum atomic E-state index is 0.301. The fraction of sp³-hybridized carbons (Fsp3) is 1.00. The van der Waals surface area contributed by atoms with Crippen molar-refractivity contribution in [2.45, 2.75) is 19.1 Å². The second-order valence-corrected chi connectivity index (χ2v) is 3.20. The number of methoxy groups -OCH3 is 1. The molecule has 0 aromatic heterocycles. The van der Waals surface area contributed by atoms with Crippen molar-refractivity contribution in [3.63, 3.8) is 0 Å².